The summed E-state index contributed by atoms with van der Waals surface area (Å²) in [5, 5.41) is 0. The molecule has 0 radical (unpaired) electrons. The molecule has 0 N–H and O–H groups in total. The molecule has 3 aromatic carbocycles. The molecule has 0 saturated heterocycles. The van der Waals surface area contributed by atoms with E-state index in [1.807, 2.05) is 5.51 Å². The summed E-state index contributed by atoms with van der Waals surface area (Å²) < 4.78 is 5.95. The fraction of sp³-hybridized carbons (Fsp3) is 0.167. The van der Waals surface area contributed by atoms with Crippen molar-refractivity contribution in [2.75, 3.05) is 0 Å². The number of nitrogens with zero attached hydrogens (tertiary/aromatic N) is 3. The Morgan fingerprint density at radius 2 is 1.61 bits per heavy atom. The molecule has 5 rings (SSSR count). The molecule has 0 amide bonds. The molecule has 2 aromatic heterocycles. The van der Waals surface area contributed by atoms with Crippen molar-refractivity contribution in [1.82, 2.24) is 9.55 Å². The Morgan fingerprint density at radius 3 is 2.39 bits per heavy atom. The first-order valence-corrected chi connectivity index (χ1v) is 10.3. The lowest BCUT2D eigenvalue weighted by Crippen LogP contribution is -2.30. The highest BCUT2D eigenvalue weighted by molar-refractivity contribution is 7.16. The fourth-order valence-corrected chi connectivity index (χ4v) is 4.98. The molecule has 0 bridgehead atoms. The number of fused-ring (bicyclic) bond motifs is 2. The minimum absolute atomic E-state index is 1.08. The molecule has 3 nitrogen and oxygen atoms in total. The van der Waals surface area contributed by atoms with Gasteiger partial charge in [0, 0.05) is 0 Å². The zero-order valence-electron chi connectivity index (χ0n) is 16.5. The third-order valence-electron chi connectivity index (χ3n) is 5.61. The molecule has 0 spiro atoms. The maximum Gasteiger partial charge on any atom is 0.297 e. The first-order chi connectivity index (χ1) is 13.6. The van der Waals surface area contributed by atoms with E-state index in [1.165, 1.54) is 49.5 Å². The molecule has 0 saturated carbocycles. The summed E-state index contributed by atoms with van der Waals surface area (Å²) in [7, 11) is 2.16. The zero-order chi connectivity index (χ0) is 19.4. The second kappa shape index (κ2) is 6.28. The van der Waals surface area contributed by atoms with E-state index in [1.54, 1.807) is 11.3 Å². The quantitative estimate of drug-likeness (QED) is 0.360. The molecule has 0 fully saturated rings. The minimum atomic E-state index is 1.08. The van der Waals surface area contributed by atoms with Crippen molar-refractivity contribution in [2.24, 2.45) is 7.05 Å². The maximum absolute atomic E-state index is 4.74. The van der Waals surface area contributed by atoms with Gasteiger partial charge in [-0.1, -0.05) is 36.4 Å². The summed E-state index contributed by atoms with van der Waals surface area (Å²) in [6.45, 7) is 6.56. The number of para-hydroxylation sites is 3. The molecule has 138 valence electrons. The van der Waals surface area contributed by atoms with Gasteiger partial charge in [0.1, 0.15) is 5.69 Å². The Hall–Kier alpha value is -2.98. The lowest BCUT2D eigenvalue weighted by atomic mass is 10.0. The number of aryl methyl sites for hydroxylation is 4. The average molecular weight is 385 g/mol. The smallest absolute Gasteiger partial charge is 0.244 e. The molecular weight excluding hydrogens is 362 g/mol. The van der Waals surface area contributed by atoms with Crippen LogP contribution in [0.5, 0.6) is 0 Å². The predicted molar refractivity (Wildman–Crippen MR) is 117 cm³/mol. The number of rotatable bonds is 2. The van der Waals surface area contributed by atoms with Crippen LogP contribution in [0.2, 0.25) is 0 Å². The number of benzene rings is 3. The predicted octanol–water partition coefficient (Wildman–Crippen LogP) is 5.66. The number of imidazole rings is 1. The van der Waals surface area contributed by atoms with Crippen LogP contribution in [0.15, 0.2) is 60.1 Å². The van der Waals surface area contributed by atoms with Crippen LogP contribution in [0.3, 0.4) is 0 Å². The van der Waals surface area contributed by atoms with E-state index in [-0.39, 0.29) is 0 Å². The van der Waals surface area contributed by atoms with Crippen molar-refractivity contribution < 1.29 is 4.57 Å². The highest BCUT2D eigenvalue weighted by atomic mass is 32.1. The van der Waals surface area contributed by atoms with E-state index < -0.39 is 0 Å². The van der Waals surface area contributed by atoms with Gasteiger partial charge in [-0.2, -0.15) is 4.57 Å². The van der Waals surface area contributed by atoms with Crippen LogP contribution in [0.4, 0.5) is 0 Å². The van der Waals surface area contributed by atoms with E-state index in [4.69, 9.17) is 4.98 Å². The van der Waals surface area contributed by atoms with Crippen LogP contribution in [-0.2, 0) is 7.05 Å². The van der Waals surface area contributed by atoms with Crippen LogP contribution in [0.25, 0.3) is 38.3 Å². The molecule has 0 aliphatic rings. The molecule has 0 atom stereocenters. The Morgan fingerprint density at radius 1 is 0.857 bits per heavy atom. The third-order valence-corrected chi connectivity index (χ3v) is 6.41. The van der Waals surface area contributed by atoms with Gasteiger partial charge in [-0.05, 0) is 55.7 Å². The summed E-state index contributed by atoms with van der Waals surface area (Å²) in [4.78, 5) is 4.74. The Labute approximate surface area is 168 Å². The molecular formula is C24H22N3S+. The van der Waals surface area contributed by atoms with Gasteiger partial charge >= 0.3 is 0 Å². The molecule has 0 aliphatic heterocycles. The second-order valence-corrected chi connectivity index (χ2v) is 8.29. The molecule has 28 heavy (non-hydrogen) atoms. The molecule has 2 heterocycles. The monoisotopic (exact) mass is 384 g/mol. The van der Waals surface area contributed by atoms with Gasteiger partial charge in [-0.25, -0.2) is 9.55 Å². The summed E-state index contributed by atoms with van der Waals surface area (Å²) in [5.74, 6) is 1.17. The molecule has 4 heteroatoms. The lowest BCUT2D eigenvalue weighted by Gasteiger charge is -2.11. The van der Waals surface area contributed by atoms with Gasteiger partial charge in [0.2, 0.25) is 0 Å². The largest absolute Gasteiger partial charge is 0.297 e. The highest BCUT2D eigenvalue weighted by Crippen LogP contribution is 2.36. The van der Waals surface area contributed by atoms with Crippen molar-refractivity contribution >= 4 is 32.6 Å². The van der Waals surface area contributed by atoms with Gasteiger partial charge in [0.25, 0.3) is 5.82 Å². The first kappa shape index (κ1) is 17.1. The number of hydrogen-bond acceptors (Lipinski definition) is 2. The van der Waals surface area contributed by atoms with Gasteiger partial charge in [-0.15, -0.1) is 11.3 Å². The maximum atomic E-state index is 4.74. The Bertz CT molecular complexity index is 1340. The van der Waals surface area contributed by atoms with Gasteiger partial charge in [0.15, 0.2) is 11.0 Å². The summed E-state index contributed by atoms with van der Waals surface area (Å²) in [6, 6.07) is 19.5. The van der Waals surface area contributed by atoms with Gasteiger partial charge in [-0.3, -0.25) is 0 Å². The van der Waals surface area contributed by atoms with E-state index >= 15 is 0 Å². The highest BCUT2D eigenvalue weighted by Gasteiger charge is 2.30. The molecule has 0 aliphatic carbocycles. The zero-order valence-corrected chi connectivity index (χ0v) is 17.3. The van der Waals surface area contributed by atoms with E-state index in [9.17, 15) is 0 Å². The normalized spacial score (nSPS) is 11.6. The first-order valence-electron chi connectivity index (χ1n) is 9.47. The standard InChI is InChI=1S/C24H22N3S/c1-15-12-13-20-22(25-14-28-20)21(15)24-26(4)18-10-5-6-11-19(18)27(24)23-16(2)8-7-9-17(23)3/h5-14H,1-4H3/q+1. The van der Waals surface area contributed by atoms with Crippen LogP contribution < -0.4 is 4.57 Å². The average Bonchev–Trinajstić information content (AvgIpc) is 3.26. The topological polar surface area (TPSA) is 21.7 Å². The van der Waals surface area contributed by atoms with Crippen LogP contribution in [0.1, 0.15) is 16.7 Å². The molecule has 5 aromatic rings. The van der Waals surface area contributed by atoms with E-state index in [0.717, 1.165) is 5.52 Å². The Balaban J connectivity index is 2.02. The van der Waals surface area contributed by atoms with Gasteiger partial charge in [0.05, 0.1) is 28.3 Å². The van der Waals surface area contributed by atoms with Crippen molar-refractivity contribution in [1.29, 1.82) is 0 Å². The molecule has 0 unspecified atom stereocenters. The van der Waals surface area contributed by atoms with Crippen molar-refractivity contribution in [3.8, 4) is 17.1 Å². The van der Waals surface area contributed by atoms with E-state index in [2.05, 4.69) is 91.6 Å². The third kappa shape index (κ3) is 2.34. The fourth-order valence-electron chi connectivity index (χ4n) is 4.29. The van der Waals surface area contributed by atoms with Crippen molar-refractivity contribution in [2.45, 2.75) is 20.8 Å². The second-order valence-electron chi connectivity index (χ2n) is 7.40. The number of aromatic nitrogens is 3. The van der Waals surface area contributed by atoms with Crippen LogP contribution >= 0.6 is 11.3 Å². The SMILES string of the molecule is Cc1cccc(C)c1-n1c(-c2c(C)ccc3scnc23)[n+](C)c2ccccc21. The van der Waals surface area contributed by atoms with Crippen LogP contribution in [-0.4, -0.2) is 9.55 Å². The van der Waals surface area contributed by atoms with Crippen LogP contribution in [0, 0.1) is 20.8 Å². The number of hydrogen-bond donors (Lipinski definition) is 0. The minimum Gasteiger partial charge on any atom is -0.244 e. The van der Waals surface area contributed by atoms with Crippen molar-refractivity contribution in [3.63, 3.8) is 0 Å². The van der Waals surface area contributed by atoms with Gasteiger partial charge < -0.3 is 0 Å². The summed E-state index contributed by atoms with van der Waals surface area (Å²) in [5.41, 5.74) is 11.7. The summed E-state index contributed by atoms with van der Waals surface area (Å²) >= 11 is 1.70. The van der Waals surface area contributed by atoms with E-state index in [0.29, 0.717) is 0 Å². The van der Waals surface area contributed by atoms with Crippen molar-refractivity contribution in [3.05, 3.63) is 76.8 Å². The Kier molecular flexibility index (Phi) is 3.84. The summed E-state index contributed by atoms with van der Waals surface area (Å²) in [6.07, 6.45) is 0. The lowest BCUT2D eigenvalue weighted by molar-refractivity contribution is -0.633. The number of thiazole rings is 1.